The molecule has 0 atom stereocenters. The van der Waals surface area contributed by atoms with Gasteiger partial charge in [0.25, 0.3) is 0 Å². The number of aromatic nitrogens is 2. The first kappa shape index (κ1) is 24.0. The van der Waals surface area contributed by atoms with Crippen molar-refractivity contribution >= 4 is 24.0 Å². The monoisotopic (exact) mass is 442 g/mol. The van der Waals surface area contributed by atoms with Gasteiger partial charge in [-0.2, -0.15) is 0 Å². The molecule has 0 unspecified atom stereocenters. The Bertz CT molecular complexity index is 1120. The molecule has 9 heteroatoms. The molecular formula is C23H19F2N5NaO-. The summed E-state index contributed by atoms with van der Waals surface area (Å²) in [5.41, 5.74) is 1.95. The number of para-hydroxylation sites is 1. The van der Waals surface area contributed by atoms with Crippen LogP contribution in [0.5, 0.6) is 0 Å². The zero-order valence-corrected chi connectivity index (χ0v) is 19.6. The fourth-order valence-corrected chi connectivity index (χ4v) is 3.61. The zero-order chi connectivity index (χ0) is 21.6. The second-order valence-electron chi connectivity index (χ2n) is 7.15. The molecule has 32 heavy (non-hydrogen) atoms. The van der Waals surface area contributed by atoms with Gasteiger partial charge in [-0.3, -0.25) is 6.21 Å². The number of halogens is 2. The SMILES string of the molecule is O=C([C-]=NN=[C-]c1c(-c2ccc(F)cc2)ncn1C1CCCC1)Nc1ccccc1F.[Na+]. The van der Waals surface area contributed by atoms with Gasteiger partial charge in [-0.25, -0.2) is 8.78 Å². The van der Waals surface area contributed by atoms with Crippen molar-refractivity contribution in [2.24, 2.45) is 10.2 Å². The van der Waals surface area contributed by atoms with E-state index in [1.165, 1.54) is 30.3 Å². The molecule has 158 valence electrons. The zero-order valence-electron chi connectivity index (χ0n) is 17.6. The van der Waals surface area contributed by atoms with Crippen molar-refractivity contribution in [1.29, 1.82) is 0 Å². The number of benzene rings is 2. The molecule has 1 amide bonds. The van der Waals surface area contributed by atoms with Gasteiger partial charge in [-0.05, 0) is 37.1 Å². The summed E-state index contributed by atoms with van der Waals surface area (Å²) in [6.45, 7) is 0. The molecule has 1 heterocycles. The second kappa shape index (κ2) is 11.3. The summed E-state index contributed by atoms with van der Waals surface area (Å²) in [6.07, 6.45) is 11.0. The smallest absolute Gasteiger partial charge is 0.387 e. The van der Waals surface area contributed by atoms with E-state index >= 15 is 0 Å². The van der Waals surface area contributed by atoms with Crippen LogP contribution < -0.4 is 34.9 Å². The van der Waals surface area contributed by atoms with E-state index in [4.69, 9.17) is 0 Å². The van der Waals surface area contributed by atoms with Crippen molar-refractivity contribution in [3.8, 4) is 11.3 Å². The van der Waals surface area contributed by atoms with Crippen molar-refractivity contribution in [3.63, 3.8) is 0 Å². The third-order valence-electron chi connectivity index (χ3n) is 5.11. The third-order valence-corrected chi connectivity index (χ3v) is 5.11. The van der Waals surface area contributed by atoms with Crippen molar-refractivity contribution in [1.82, 2.24) is 9.55 Å². The van der Waals surface area contributed by atoms with Crippen molar-refractivity contribution < 1.29 is 43.1 Å². The van der Waals surface area contributed by atoms with Gasteiger partial charge in [0.1, 0.15) is 11.6 Å². The minimum absolute atomic E-state index is 0. The number of hydrogen-bond acceptors (Lipinski definition) is 4. The first-order chi connectivity index (χ1) is 15.1. The summed E-state index contributed by atoms with van der Waals surface area (Å²) in [5.74, 6) is -1.63. The van der Waals surface area contributed by atoms with Crippen LogP contribution in [0.25, 0.3) is 11.3 Å². The molecule has 0 aliphatic heterocycles. The summed E-state index contributed by atoms with van der Waals surface area (Å²) in [6, 6.07) is 12.1. The number of anilines is 1. The molecule has 1 aliphatic carbocycles. The van der Waals surface area contributed by atoms with Crippen LogP contribution in [0, 0.1) is 11.6 Å². The van der Waals surface area contributed by atoms with E-state index in [1.807, 2.05) is 4.57 Å². The van der Waals surface area contributed by atoms with Gasteiger partial charge in [0, 0.05) is 6.04 Å². The Morgan fingerprint density at radius 2 is 1.78 bits per heavy atom. The van der Waals surface area contributed by atoms with Gasteiger partial charge in [-0.15, -0.1) is 0 Å². The van der Waals surface area contributed by atoms with Gasteiger partial charge < -0.3 is 29.9 Å². The number of nitrogens with one attached hydrogen (secondary N) is 1. The molecule has 0 spiro atoms. The van der Waals surface area contributed by atoms with Crippen LogP contribution in [0.15, 0.2) is 65.1 Å². The minimum atomic E-state index is -0.737. The molecule has 1 fully saturated rings. The van der Waals surface area contributed by atoms with Gasteiger partial charge in [-0.1, -0.05) is 60.3 Å². The van der Waals surface area contributed by atoms with E-state index in [9.17, 15) is 13.6 Å². The Kier molecular flexibility index (Phi) is 8.44. The number of imidazole rings is 1. The van der Waals surface area contributed by atoms with E-state index in [2.05, 4.69) is 32.9 Å². The topological polar surface area (TPSA) is 71.6 Å². The predicted molar refractivity (Wildman–Crippen MR) is 114 cm³/mol. The first-order valence-corrected chi connectivity index (χ1v) is 9.92. The Labute approximate surface area is 206 Å². The number of carbonyl (C=O) groups excluding carboxylic acids is 1. The van der Waals surface area contributed by atoms with Gasteiger partial charge in [0.2, 0.25) is 0 Å². The standard InChI is InChI=1S/C23H19F2N5O.Na/c24-17-11-9-16(10-12-17)23-21(30(15-26-23)18-5-1-2-6-18)13-27-28-14-22(31)29-20-8-4-3-7-19(20)25;/h3-4,7-12,15,18H,1-2,5-6H2,(H,29,31);/q-2;+1. The summed E-state index contributed by atoms with van der Waals surface area (Å²) in [7, 11) is 0. The van der Waals surface area contributed by atoms with Crippen LogP contribution in [0.4, 0.5) is 14.5 Å². The number of amides is 1. The molecule has 1 aromatic heterocycles. The molecule has 0 bridgehead atoms. The van der Waals surface area contributed by atoms with Crippen LogP contribution in [0.2, 0.25) is 0 Å². The van der Waals surface area contributed by atoms with Crippen LogP contribution >= 0.6 is 0 Å². The molecule has 6 nitrogen and oxygen atoms in total. The molecule has 0 saturated heterocycles. The number of carbonyl (C=O) groups is 1. The van der Waals surface area contributed by atoms with Crippen molar-refractivity contribution in [2.75, 3.05) is 5.32 Å². The summed E-state index contributed by atoms with van der Waals surface area (Å²) >= 11 is 0. The maximum atomic E-state index is 13.6. The maximum absolute atomic E-state index is 13.6. The molecule has 4 rings (SSSR count). The van der Waals surface area contributed by atoms with Crippen LogP contribution in [-0.2, 0) is 4.79 Å². The normalized spacial score (nSPS) is 14.2. The van der Waals surface area contributed by atoms with E-state index in [1.54, 1.807) is 24.5 Å². The third kappa shape index (κ3) is 5.76. The van der Waals surface area contributed by atoms with Gasteiger partial charge in [0.15, 0.2) is 0 Å². The van der Waals surface area contributed by atoms with Crippen LogP contribution in [0.3, 0.4) is 0 Å². The van der Waals surface area contributed by atoms with Gasteiger partial charge >= 0.3 is 29.6 Å². The molecule has 0 radical (unpaired) electrons. The summed E-state index contributed by atoms with van der Waals surface area (Å²) in [4.78, 5) is 16.4. The minimum Gasteiger partial charge on any atom is -0.387 e. The fraction of sp³-hybridized carbons (Fsp3) is 0.217. The average Bonchev–Trinajstić information content (AvgIpc) is 3.43. The summed E-state index contributed by atoms with van der Waals surface area (Å²) < 4.78 is 28.9. The number of nitrogens with zero attached hydrogens (tertiary/aromatic N) is 4. The largest absolute Gasteiger partial charge is 1.00 e. The molecule has 3 aromatic rings. The maximum Gasteiger partial charge on any atom is 1.00 e. The predicted octanol–water partition coefficient (Wildman–Crippen LogP) is 1.74. The molecule has 1 saturated carbocycles. The van der Waals surface area contributed by atoms with E-state index < -0.39 is 11.7 Å². The quantitative estimate of drug-likeness (QED) is 0.274. The van der Waals surface area contributed by atoms with Crippen LogP contribution in [0.1, 0.15) is 37.4 Å². The fourth-order valence-electron chi connectivity index (χ4n) is 3.61. The van der Waals surface area contributed by atoms with E-state index in [0.29, 0.717) is 11.4 Å². The molecular weight excluding hydrogens is 423 g/mol. The summed E-state index contributed by atoms with van der Waals surface area (Å²) in [5, 5.41) is 9.79. The van der Waals surface area contributed by atoms with Crippen molar-refractivity contribution in [2.45, 2.75) is 31.7 Å². The number of rotatable bonds is 6. The number of hydrogen-bond donors (Lipinski definition) is 1. The molecule has 1 aliphatic rings. The Morgan fingerprint density at radius 3 is 2.50 bits per heavy atom. The first-order valence-electron chi connectivity index (χ1n) is 9.92. The Balaban J connectivity index is 0.00000289. The van der Waals surface area contributed by atoms with Gasteiger partial charge in [0.05, 0.1) is 17.9 Å². The Hall–Kier alpha value is -2.68. The van der Waals surface area contributed by atoms with E-state index in [-0.39, 0.29) is 47.1 Å². The molecule has 1 N–H and O–H groups in total. The second-order valence-corrected chi connectivity index (χ2v) is 7.15. The van der Waals surface area contributed by atoms with E-state index in [0.717, 1.165) is 31.2 Å². The van der Waals surface area contributed by atoms with Crippen LogP contribution in [-0.4, -0.2) is 27.9 Å². The Morgan fingerprint density at radius 1 is 1.06 bits per heavy atom. The van der Waals surface area contributed by atoms with Crippen molar-refractivity contribution in [3.05, 3.63) is 72.2 Å². The molecule has 2 aromatic carbocycles. The average molecular weight is 442 g/mol.